The van der Waals surface area contributed by atoms with Crippen LogP contribution in [0.5, 0.6) is 0 Å². The van der Waals surface area contributed by atoms with Crippen LogP contribution in [0.1, 0.15) is 43.1 Å². The number of aromatic nitrogens is 1. The maximum Gasteiger partial charge on any atom is 0.179 e. The Morgan fingerprint density at radius 1 is 1.37 bits per heavy atom. The first kappa shape index (κ1) is 13.4. The van der Waals surface area contributed by atoms with Gasteiger partial charge in [0.05, 0.1) is 12.5 Å². The van der Waals surface area contributed by atoms with Gasteiger partial charge in [-0.15, -0.1) is 0 Å². The van der Waals surface area contributed by atoms with Gasteiger partial charge in [0.25, 0.3) is 0 Å². The van der Waals surface area contributed by atoms with E-state index in [4.69, 9.17) is 5.26 Å². The van der Waals surface area contributed by atoms with Crippen molar-refractivity contribution in [3.8, 4) is 6.07 Å². The highest BCUT2D eigenvalue weighted by molar-refractivity contribution is 6.09. The van der Waals surface area contributed by atoms with Crippen LogP contribution in [0.2, 0.25) is 0 Å². The molecular weight excluding hydrogens is 236 g/mol. The predicted molar refractivity (Wildman–Crippen MR) is 76.2 cm³/mol. The van der Waals surface area contributed by atoms with Crippen molar-refractivity contribution in [3.05, 3.63) is 35.5 Å². The van der Waals surface area contributed by atoms with Crippen LogP contribution >= 0.6 is 0 Å². The summed E-state index contributed by atoms with van der Waals surface area (Å²) >= 11 is 0. The zero-order valence-corrected chi connectivity index (χ0v) is 11.8. The molecule has 0 aliphatic rings. The third kappa shape index (κ3) is 2.39. The number of hydrogen-bond acceptors (Lipinski definition) is 2. The zero-order valence-electron chi connectivity index (χ0n) is 11.8. The molecular formula is C16H18N2O. The van der Waals surface area contributed by atoms with Gasteiger partial charge in [0, 0.05) is 29.7 Å². The second-order valence-corrected chi connectivity index (χ2v) is 5.89. The lowest BCUT2D eigenvalue weighted by Gasteiger charge is -2.19. The number of aryl methyl sites for hydroxylation is 1. The van der Waals surface area contributed by atoms with E-state index in [-0.39, 0.29) is 17.6 Å². The fraction of sp³-hybridized carbons (Fsp3) is 0.375. The molecule has 3 heteroatoms. The fourth-order valence-corrected chi connectivity index (χ4v) is 2.25. The minimum absolute atomic E-state index is 0.0412. The van der Waals surface area contributed by atoms with Crippen LogP contribution in [-0.4, -0.2) is 10.4 Å². The second-order valence-electron chi connectivity index (χ2n) is 5.89. The summed E-state index contributed by atoms with van der Waals surface area (Å²) in [6.45, 7) is 6.44. The third-order valence-electron chi connectivity index (χ3n) is 3.40. The molecule has 0 atom stereocenters. The van der Waals surface area contributed by atoms with Crippen molar-refractivity contribution < 1.29 is 4.79 Å². The Kier molecular flexibility index (Phi) is 3.20. The Morgan fingerprint density at radius 2 is 2.05 bits per heavy atom. The fourth-order valence-electron chi connectivity index (χ4n) is 2.25. The normalized spacial score (nSPS) is 11.5. The lowest BCUT2D eigenvalue weighted by Crippen LogP contribution is -2.10. The van der Waals surface area contributed by atoms with Crippen LogP contribution in [-0.2, 0) is 12.5 Å². The van der Waals surface area contributed by atoms with Crippen LogP contribution in [0.3, 0.4) is 0 Å². The number of carbonyl (C=O) groups is 1. The third-order valence-corrected chi connectivity index (χ3v) is 3.40. The number of ketones is 1. The van der Waals surface area contributed by atoms with E-state index in [1.807, 2.05) is 29.9 Å². The SMILES string of the molecule is Cn1cc(C(=O)CC#N)c2cc(C(C)(C)C)ccc21. The van der Waals surface area contributed by atoms with Crippen LogP contribution < -0.4 is 0 Å². The maximum absolute atomic E-state index is 12.0. The lowest BCUT2D eigenvalue weighted by molar-refractivity contribution is 0.0999. The van der Waals surface area contributed by atoms with Gasteiger partial charge in [-0.05, 0) is 23.1 Å². The monoisotopic (exact) mass is 254 g/mol. The largest absolute Gasteiger partial charge is 0.350 e. The van der Waals surface area contributed by atoms with Gasteiger partial charge >= 0.3 is 0 Å². The molecule has 0 saturated carbocycles. The van der Waals surface area contributed by atoms with Crippen LogP contribution in [0.25, 0.3) is 10.9 Å². The predicted octanol–water partition coefficient (Wildman–Crippen LogP) is 3.57. The Morgan fingerprint density at radius 3 is 2.63 bits per heavy atom. The highest BCUT2D eigenvalue weighted by Gasteiger charge is 2.18. The van der Waals surface area contributed by atoms with Gasteiger partial charge in [-0.1, -0.05) is 26.8 Å². The zero-order chi connectivity index (χ0) is 14.2. The van der Waals surface area contributed by atoms with Gasteiger partial charge in [0.1, 0.15) is 0 Å². The number of carbonyl (C=O) groups excluding carboxylic acids is 1. The molecule has 98 valence electrons. The highest BCUT2D eigenvalue weighted by Crippen LogP contribution is 2.29. The van der Waals surface area contributed by atoms with Gasteiger partial charge in [-0.25, -0.2) is 0 Å². The molecule has 3 nitrogen and oxygen atoms in total. The molecule has 1 aromatic carbocycles. The number of rotatable bonds is 2. The lowest BCUT2D eigenvalue weighted by atomic mass is 9.86. The van der Waals surface area contributed by atoms with Crippen molar-refractivity contribution in [1.29, 1.82) is 5.26 Å². The molecule has 0 aliphatic carbocycles. The second kappa shape index (κ2) is 4.55. The molecule has 2 aromatic rings. The average molecular weight is 254 g/mol. The standard InChI is InChI=1S/C16H18N2O/c1-16(2,3)11-5-6-14-12(9-11)13(10-18(14)4)15(19)7-8-17/h5-6,9-10H,7H2,1-4H3. The van der Waals surface area contributed by atoms with Gasteiger partial charge < -0.3 is 4.57 Å². The summed E-state index contributed by atoms with van der Waals surface area (Å²) in [5.74, 6) is -0.112. The summed E-state index contributed by atoms with van der Waals surface area (Å²) in [5, 5.41) is 9.62. The minimum atomic E-state index is -0.112. The Labute approximate surface area is 113 Å². The summed E-state index contributed by atoms with van der Waals surface area (Å²) in [6.07, 6.45) is 1.75. The number of nitrogens with zero attached hydrogens (tertiary/aromatic N) is 2. The summed E-state index contributed by atoms with van der Waals surface area (Å²) in [4.78, 5) is 12.0. The van der Waals surface area contributed by atoms with Gasteiger partial charge in [0.2, 0.25) is 0 Å². The molecule has 0 amide bonds. The van der Waals surface area contributed by atoms with E-state index in [1.165, 1.54) is 5.56 Å². The summed E-state index contributed by atoms with van der Waals surface area (Å²) < 4.78 is 1.94. The Balaban J connectivity index is 2.66. The molecule has 0 fully saturated rings. The van der Waals surface area contributed by atoms with E-state index in [9.17, 15) is 4.79 Å². The number of nitriles is 1. The van der Waals surface area contributed by atoms with Crippen LogP contribution in [0, 0.1) is 11.3 Å². The van der Waals surface area contributed by atoms with E-state index in [1.54, 1.807) is 0 Å². The molecule has 0 saturated heterocycles. The van der Waals surface area contributed by atoms with Crippen LogP contribution in [0.4, 0.5) is 0 Å². The van der Waals surface area contributed by atoms with Gasteiger partial charge in [-0.2, -0.15) is 5.26 Å². The number of benzene rings is 1. The van der Waals surface area contributed by atoms with E-state index >= 15 is 0 Å². The summed E-state index contributed by atoms with van der Waals surface area (Å²) in [5.41, 5.74) is 2.90. The maximum atomic E-state index is 12.0. The van der Waals surface area contributed by atoms with E-state index in [0.717, 1.165) is 10.9 Å². The molecule has 1 heterocycles. The van der Waals surface area contributed by atoms with Crippen molar-refractivity contribution in [2.24, 2.45) is 7.05 Å². The van der Waals surface area contributed by atoms with Crippen molar-refractivity contribution in [3.63, 3.8) is 0 Å². The van der Waals surface area contributed by atoms with Crippen molar-refractivity contribution in [2.45, 2.75) is 32.6 Å². The molecule has 0 bridgehead atoms. The number of hydrogen-bond donors (Lipinski definition) is 0. The van der Waals surface area contributed by atoms with Crippen molar-refractivity contribution in [1.82, 2.24) is 4.57 Å². The van der Waals surface area contributed by atoms with Gasteiger partial charge in [-0.3, -0.25) is 4.79 Å². The van der Waals surface area contributed by atoms with E-state index in [2.05, 4.69) is 32.9 Å². The first-order chi connectivity index (χ1) is 8.84. The first-order valence-corrected chi connectivity index (χ1v) is 6.34. The Hall–Kier alpha value is -2.08. The average Bonchev–Trinajstić information content (AvgIpc) is 2.66. The Bertz CT molecular complexity index is 681. The summed E-state index contributed by atoms with van der Waals surface area (Å²) in [7, 11) is 1.92. The molecule has 1 aromatic heterocycles. The van der Waals surface area contributed by atoms with Crippen LogP contribution in [0.15, 0.2) is 24.4 Å². The highest BCUT2D eigenvalue weighted by atomic mass is 16.1. The van der Waals surface area contributed by atoms with E-state index < -0.39 is 0 Å². The molecule has 19 heavy (non-hydrogen) atoms. The smallest absolute Gasteiger partial charge is 0.179 e. The van der Waals surface area contributed by atoms with Crippen molar-refractivity contribution >= 4 is 16.7 Å². The van der Waals surface area contributed by atoms with Crippen molar-refractivity contribution in [2.75, 3.05) is 0 Å². The van der Waals surface area contributed by atoms with Gasteiger partial charge in [0.15, 0.2) is 5.78 Å². The molecule has 0 unspecified atom stereocenters. The quantitative estimate of drug-likeness (QED) is 0.769. The first-order valence-electron chi connectivity index (χ1n) is 6.34. The summed E-state index contributed by atoms with van der Waals surface area (Å²) in [6, 6.07) is 8.13. The molecule has 0 spiro atoms. The molecule has 0 aliphatic heterocycles. The molecule has 0 N–H and O–H groups in total. The number of Topliss-reactive ketones (excluding diaryl/α,β-unsaturated/α-hetero) is 1. The van der Waals surface area contributed by atoms with E-state index in [0.29, 0.717) is 5.56 Å². The molecule has 0 radical (unpaired) electrons. The number of fused-ring (bicyclic) bond motifs is 1. The topological polar surface area (TPSA) is 45.8 Å². The minimum Gasteiger partial charge on any atom is -0.350 e. The molecule has 2 rings (SSSR count).